The highest BCUT2D eigenvalue weighted by Crippen LogP contribution is 2.38. The van der Waals surface area contributed by atoms with Gasteiger partial charge in [0, 0.05) is 12.1 Å². The number of nitrogens with one attached hydrogen (secondary N) is 1. The van der Waals surface area contributed by atoms with Crippen molar-refractivity contribution in [3.05, 3.63) is 0 Å². The molecule has 20 heavy (non-hydrogen) atoms. The smallest absolute Gasteiger partial charge is 0.311 e. The van der Waals surface area contributed by atoms with E-state index in [9.17, 15) is 13.2 Å². The second-order valence-corrected chi connectivity index (χ2v) is 7.14. The zero-order chi connectivity index (χ0) is 14.8. The zero-order valence-corrected chi connectivity index (χ0v) is 12.7. The van der Waals surface area contributed by atoms with Gasteiger partial charge < -0.3 is 5.32 Å². The SMILES string of the molecule is CC(C)C1CCCC(NC2CCCC(C(F)(F)F)C2)C1. The van der Waals surface area contributed by atoms with Crippen molar-refractivity contribution < 1.29 is 13.2 Å². The highest BCUT2D eigenvalue weighted by molar-refractivity contribution is 4.87. The van der Waals surface area contributed by atoms with E-state index in [1.807, 2.05) is 0 Å². The molecule has 0 spiro atoms. The van der Waals surface area contributed by atoms with Crippen LogP contribution in [-0.4, -0.2) is 18.3 Å². The van der Waals surface area contributed by atoms with Crippen LogP contribution in [-0.2, 0) is 0 Å². The summed E-state index contributed by atoms with van der Waals surface area (Å²) in [5.74, 6) is 0.343. The molecule has 2 fully saturated rings. The van der Waals surface area contributed by atoms with Gasteiger partial charge in [-0.1, -0.05) is 33.1 Å². The Morgan fingerprint density at radius 1 is 0.900 bits per heavy atom. The lowest BCUT2D eigenvalue weighted by atomic mass is 9.78. The number of halogens is 3. The Kier molecular flexibility index (Phi) is 5.38. The Morgan fingerprint density at radius 3 is 2.10 bits per heavy atom. The van der Waals surface area contributed by atoms with E-state index in [1.54, 1.807) is 0 Å². The topological polar surface area (TPSA) is 12.0 Å². The van der Waals surface area contributed by atoms with Crippen molar-refractivity contribution in [3.8, 4) is 0 Å². The minimum atomic E-state index is -4.01. The molecule has 0 aromatic rings. The molecule has 0 aliphatic heterocycles. The van der Waals surface area contributed by atoms with Crippen molar-refractivity contribution in [1.29, 1.82) is 0 Å². The third-order valence-electron chi connectivity index (χ3n) is 5.27. The molecule has 4 heteroatoms. The molecule has 4 atom stereocenters. The summed E-state index contributed by atoms with van der Waals surface area (Å²) in [6, 6.07) is 0.513. The van der Waals surface area contributed by atoms with Crippen LogP contribution in [0.2, 0.25) is 0 Å². The molecule has 2 saturated carbocycles. The highest BCUT2D eigenvalue weighted by atomic mass is 19.4. The number of alkyl halides is 3. The molecule has 2 rings (SSSR count). The molecule has 2 aliphatic carbocycles. The molecule has 0 amide bonds. The molecule has 0 radical (unpaired) electrons. The summed E-state index contributed by atoms with van der Waals surface area (Å²) in [4.78, 5) is 0. The summed E-state index contributed by atoms with van der Waals surface area (Å²) in [7, 11) is 0. The lowest BCUT2D eigenvalue weighted by Crippen LogP contribution is -2.45. The second kappa shape index (κ2) is 6.67. The average Bonchev–Trinajstić information content (AvgIpc) is 2.38. The number of hydrogen-bond donors (Lipinski definition) is 1. The maximum absolute atomic E-state index is 12.8. The van der Waals surface area contributed by atoms with Crippen molar-refractivity contribution in [2.45, 2.75) is 83.5 Å². The van der Waals surface area contributed by atoms with Crippen LogP contribution < -0.4 is 5.32 Å². The molecule has 1 nitrogen and oxygen atoms in total. The van der Waals surface area contributed by atoms with Gasteiger partial charge in [0.1, 0.15) is 0 Å². The molecule has 1 N–H and O–H groups in total. The molecule has 0 heterocycles. The molecule has 4 unspecified atom stereocenters. The van der Waals surface area contributed by atoms with Gasteiger partial charge in [-0.05, 0) is 43.9 Å². The van der Waals surface area contributed by atoms with Crippen LogP contribution in [0.3, 0.4) is 0 Å². The normalized spacial score (nSPS) is 36.3. The predicted octanol–water partition coefficient (Wildman–Crippen LogP) is 4.91. The van der Waals surface area contributed by atoms with E-state index in [1.165, 1.54) is 12.8 Å². The molecule has 0 aromatic heterocycles. The third-order valence-corrected chi connectivity index (χ3v) is 5.27. The Balaban J connectivity index is 1.83. The molecular weight excluding hydrogens is 263 g/mol. The van der Waals surface area contributed by atoms with Crippen LogP contribution in [0.1, 0.15) is 65.2 Å². The van der Waals surface area contributed by atoms with E-state index in [-0.39, 0.29) is 12.5 Å². The monoisotopic (exact) mass is 291 g/mol. The first kappa shape index (κ1) is 16.1. The summed E-state index contributed by atoms with van der Waals surface area (Å²) < 4.78 is 38.5. The maximum Gasteiger partial charge on any atom is 0.391 e. The van der Waals surface area contributed by atoms with E-state index in [4.69, 9.17) is 0 Å². The van der Waals surface area contributed by atoms with Crippen LogP contribution in [0.25, 0.3) is 0 Å². The van der Waals surface area contributed by atoms with E-state index in [0.717, 1.165) is 25.2 Å². The van der Waals surface area contributed by atoms with Gasteiger partial charge in [-0.2, -0.15) is 13.2 Å². The third kappa shape index (κ3) is 4.37. The maximum atomic E-state index is 12.8. The first-order valence-electron chi connectivity index (χ1n) is 8.19. The van der Waals surface area contributed by atoms with E-state index < -0.39 is 12.1 Å². The van der Waals surface area contributed by atoms with Gasteiger partial charge in [0.25, 0.3) is 0 Å². The standard InChI is InChI=1S/C16H28F3N/c1-11(2)12-5-3-7-14(9-12)20-15-8-4-6-13(10-15)16(17,18)19/h11-15,20H,3-10H2,1-2H3. The van der Waals surface area contributed by atoms with Crippen LogP contribution >= 0.6 is 0 Å². The van der Waals surface area contributed by atoms with Crippen molar-refractivity contribution >= 4 is 0 Å². The van der Waals surface area contributed by atoms with Gasteiger partial charge in [0.2, 0.25) is 0 Å². The first-order valence-corrected chi connectivity index (χ1v) is 8.19. The Hall–Kier alpha value is -0.250. The van der Waals surface area contributed by atoms with Gasteiger partial charge in [0.15, 0.2) is 0 Å². The Morgan fingerprint density at radius 2 is 1.50 bits per heavy atom. The lowest BCUT2D eigenvalue weighted by Gasteiger charge is -2.37. The van der Waals surface area contributed by atoms with E-state index >= 15 is 0 Å². The summed E-state index contributed by atoms with van der Waals surface area (Å²) in [5.41, 5.74) is 0. The van der Waals surface area contributed by atoms with Crippen molar-refractivity contribution in [2.75, 3.05) is 0 Å². The van der Waals surface area contributed by atoms with Gasteiger partial charge in [-0.25, -0.2) is 0 Å². The molecule has 118 valence electrons. The zero-order valence-electron chi connectivity index (χ0n) is 12.7. The average molecular weight is 291 g/mol. The highest BCUT2D eigenvalue weighted by Gasteiger charge is 2.42. The van der Waals surface area contributed by atoms with Crippen LogP contribution in [0.15, 0.2) is 0 Å². The lowest BCUT2D eigenvalue weighted by molar-refractivity contribution is -0.184. The van der Waals surface area contributed by atoms with Crippen molar-refractivity contribution in [3.63, 3.8) is 0 Å². The quantitative estimate of drug-likeness (QED) is 0.779. The van der Waals surface area contributed by atoms with Crippen molar-refractivity contribution in [2.24, 2.45) is 17.8 Å². The number of hydrogen-bond acceptors (Lipinski definition) is 1. The minimum absolute atomic E-state index is 0.0753. The fraction of sp³-hybridized carbons (Fsp3) is 1.00. The van der Waals surface area contributed by atoms with Gasteiger partial charge in [0.05, 0.1) is 5.92 Å². The van der Waals surface area contributed by atoms with Crippen LogP contribution in [0, 0.1) is 17.8 Å². The fourth-order valence-corrected chi connectivity index (χ4v) is 3.96. The first-order chi connectivity index (χ1) is 9.36. The van der Waals surface area contributed by atoms with E-state index in [0.29, 0.717) is 24.8 Å². The molecule has 0 bridgehead atoms. The minimum Gasteiger partial charge on any atom is -0.311 e. The predicted molar refractivity (Wildman–Crippen MR) is 75.5 cm³/mol. The Bertz CT molecular complexity index is 301. The van der Waals surface area contributed by atoms with Gasteiger partial charge in [-0.3, -0.25) is 0 Å². The molecular formula is C16H28F3N. The van der Waals surface area contributed by atoms with Crippen molar-refractivity contribution in [1.82, 2.24) is 5.32 Å². The molecule has 0 aromatic carbocycles. The van der Waals surface area contributed by atoms with Gasteiger partial charge in [-0.15, -0.1) is 0 Å². The second-order valence-electron chi connectivity index (χ2n) is 7.14. The van der Waals surface area contributed by atoms with Gasteiger partial charge >= 0.3 is 6.18 Å². The summed E-state index contributed by atoms with van der Waals surface area (Å²) in [6.45, 7) is 4.51. The summed E-state index contributed by atoms with van der Waals surface area (Å²) in [6.07, 6.45) is 3.00. The summed E-state index contributed by atoms with van der Waals surface area (Å²) in [5, 5.41) is 3.54. The number of rotatable bonds is 3. The fourth-order valence-electron chi connectivity index (χ4n) is 3.96. The van der Waals surface area contributed by atoms with Crippen LogP contribution in [0.4, 0.5) is 13.2 Å². The molecule has 2 aliphatic rings. The van der Waals surface area contributed by atoms with Crippen LogP contribution in [0.5, 0.6) is 0 Å². The van der Waals surface area contributed by atoms with E-state index in [2.05, 4.69) is 19.2 Å². The summed E-state index contributed by atoms with van der Waals surface area (Å²) >= 11 is 0. The Labute approximate surface area is 120 Å². The molecule has 0 saturated heterocycles. The largest absolute Gasteiger partial charge is 0.391 e.